The second-order valence-corrected chi connectivity index (χ2v) is 8.39. The molecule has 5 N–H and O–H groups in total. The zero-order valence-electron chi connectivity index (χ0n) is 19.6. The molecule has 0 spiro atoms. The second kappa shape index (κ2) is 10.7. The van der Waals surface area contributed by atoms with Gasteiger partial charge in [0.15, 0.2) is 0 Å². The molecule has 0 saturated carbocycles. The van der Waals surface area contributed by atoms with Gasteiger partial charge in [0.25, 0.3) is 0 Å². The molecule has 1 aliphatic heterocycles. The summed E-state index contributed by atoms with van der Waals surface area (Å²) >= 11 is 0. The molecule has 3 aromatic rings. The molecular formula is C25H25N9O2. The van der Waals surface area contributed by atoms with Gasteiger partial charge >= 0.3 is 5.97 Å². The van der Waals surface area contributed by atoms with E-state index in [2.05, 4.69) is 36.0 Å². The Balaban J connectivity index is 1.47. The van der Waals surface area contributed by atoms with Crippen LogP contribution in [0.4, 0.5) is 5.95 Å². The SMILES string of the molecule is CC(c1cccc(CN=CC(=NN)c2cc(-c3cccc(C#N)c3)nc(N)n2)n1)N1CC(C(=O)O)C1. The van der Waals surface area contributed by atoms with Gasteiger partial charge in [0.05, 0.1) is 53.1 Å². The fraction of sp³-hybridized carbons (Fsp3) is 0.240. The molecule has 1 saturated heterocycles. The van der Waals surface area contributed by atoms with Gasteiger partial charge in [0, 0.05) is 24.7 Å². The van der Waals surface area contributed by atoms with Crippen molar-refractivity contribution in [1.29, 1.82) is 5.26 Å². The normalized spacial score (nSPS) is 15.4. The number of hydrogen-bond acceptors (Lipinski definition) is 10. The van der Waals surface area contributed by atoms with E-state index >= 15 is 0 Å². The Morgan fingerprint density at radius 2 is 2.03 bits per heavy atom. The molecule has 1 fully saturated rings. The fourth-order valence-corrected chi connectivity index (χ4v) is 3.88. The number of carboxylic acid groups (broad SMARTS) is 1. The van der Waals surface area contributed by atoms with E-state index in [9.17, 15) is 4.79 Å². The van der Waals surface area contributed by atoms with Crippen LogP contribution >= 0.6 is 0 Å². The summed E-state index contributed by atoms with van der Waals surface area (Å²) in [6.45, 7) is 3.33. The average Bonchev–Trinajstić information content (AvgIpc) is 2.85. The number of rotatable bonds is 8. The van der Waals surface area contributed by atoms with E-state index in [1.54, 1.807) is 24.3 Å². The van der Waals surface area contributed by atoms with Gasteiger partial charge < -0.3 is 16.7 Å². The van der Waals surface area contributed by atoms with E-state index in [0.717, 1.165) is 11.4 Å². The second-order valence-electron chi connectivity index (χ2n) is 8.39. The molecule has 36 heavy (non-hydrogen) atoms. The number of benzene rings is 1. The highest BCUT2D eigenvalue weighted by atomic mass is 16.4. The summed E-state index contributed by atoms with van der Waals surface area (Å²) in [7, 11) is 0. The van der Waals surface area contributed by atoms with Crippen LogP contribution < -0.4 is 11.6 Å². The van der Waals surface area contributed by atoms with Crippen LogP contribution in [0.5, 0.6) is 0 Å². The molecule has 182 valence electrons. The summed E-state index contributed by atoms with van der Waals surface area (Å²) < 4.78 is 0. The highest BCUT2D eigenvalue weighted by Gasteiger charge is 2.35. The van der Waals surface area contributed by atoms with Crippen molar-refractivity contribution in [3.05, 3.63) is 71.2 Å². The molecular weight excluding hydrogens is 458 g/mol. The van der Waals surface area contributed by atoms with Crippen LogP contribution in [0.15, 0.2) is 58.6 Å². The molecule has 0 radical (unpaired) electrons. The van der Waals surface area contributed by atoms with Gasteiger partial charge in [-0.15, -0.1) is 0 Å². The first-order valence-corrected chi connectivity index (χ1v) is 11.2. The predicted molar refractivity (Wildman–Crippen MR) is 135 cm³/mol. The zero-order valence-corrected chi connectivity index (χ0v) is 19.6. The molecule has 1 unspecified atom stereocenters. The molecule has 2 aromatic heterocycles. The average molecular weight is 484 g/mol. The number of pyridine rings is 1. The number of nitrogens with two attached hydrogens (primary N) is 2. The third-order valence-electron chi connectivity index (χ3n) is 5.96. The Kier molecular flexibility index (Phi) is 7.27. The number of nitrogens with zero attached hydrogens (tertiary/aromatic N) is 7. The van der Waals surface area contributed by atoms with Crippen molar-refractivity contribution in [3.8, 4) is 17.3 Å². The highest BCUT2D eigenvalue weighted by Crippen LogP contribution is 2.27. The first-order chi connectivity index (χ1) is 17.4. The predicted octanol–water partition coefficient (Wildman–Crippen LogP) is 2.00. The number of carboxylic acids is 1. The summed E-state index contributed by atoms with van der Waals surface area (Å²) in [5.74, 6) is 4.57. The summed E-state index contributed by atoms with van der Waals surface area (Å²) in [5.41, 5.74) is 9.97. The molecule has 0 bridgehead atoms. The molecule has 0 amide bonds. The number of nitrogen functional groups attached to an aromatic ring is 1. The van der Waals surface area contributed by atoms with Crippen LogP contribution in [0.25, 0.3) is 11.3 Å². The molecule has 4 rings (SSSR count). The summed E-state index contributed by atoms with van der Waals surface area (Å²) in [6.07, 6.45) is 1.50. The smallest absolute Gasteiger partial charge is 0.309 e. The maximum Gasteiger partial charge on any atom is 0.309 e. The van der Waals surface area contributed by atoms with Gasteiger partial charge in [-0.2, -0.15) is 10.4 Å². The molecule has 1 aliphatic rings. The Morgan fingerprint density at radius 1 is 1.25 bits per heavy atom. The molecule has 3 heterocycles. The van der Waals surface area contributed by atoms with Crippen LogP contribution in [-0.4, -0.2) is 55.9 Å². The number of likely N-dealkylation sites (tertiary alicyclic amines) is 1. The first kappa shape index (κ1) is 24.4. The number of hydrazone groups is 1. The number of anilines is 1. The monoisotopic (exact) mass is 483 g/mol. The molecule has 11 heteroatoms. The Bertz CT molecular complexity index is 1370. The number of aliphatic carboxylic acids is 1. The van der Waals surface area contributed by atoms with E-state index < -0.39 is 5.97 Å². The van der Waals surface area contributed by atoms with Crippen molar-refractivity contribution < 1.29 is 9.90 Å². The van der Waals surface area contributed by atoms with Crippen molar-refractivity contribution in [1.82, 2.24) is 19.9 Å². The van der Waals surface area contributed by atoms with Crippen LogP contribution in [0.2, 0.25) is 0 Å². The first-order valence-electron chi connectivity index (χ1n) is 11.2. The van der Waals surface area contributed by atoms with E-state index in [-0.39, 0.29) is 24.5 Å². The van der Waals surface area contributed by atoms with Crippen LogP contribution in [0, 0.1) is 17.2 Å². The minimum absolute atomic E-state index is 0.00708. The van der Waals surface area contributed by atoms with Gasteiger partial charge in [-0.05, 0) is 37.3 Å². The van der Waals surface area contributed by atoms with E-state index in [0.29, 0.717) is 41.3 Å². The number of aromatic nitrogens is 3. The lowest BCUT2D eigenvalue weighted by Crippen LogP contribution is -2.51. The largest absolute Gasteiger partial charge is 0.481 e. The molecule has 1 aromatic carbocycles. The zero-order chi connectivity index (χ0) is 25.7. The number of aliphatic imine (C=N–C) groups is 1. The Hall–Kier alpha value is -4.69. The standard InChI is InChI=1S/C25H25N9O2/c1-15(34-13-18(14-34)24(35)36)20-7-3-6-19(30-20)11-29-12-23(33-28)22-9-21(31-25(27)32-22)17-5-2-4-16(8-17)10-26/h2-9,12,15,18H,11,13-14,28H2,1H3,(H,35,36)(H2,27,31,32). The lowest BCUT2D eigenvalue weighted by molar-refractivity contribution is -0.148. The van der Waals surface area contributed by atoms with Crippen molar-refractivity contribution in [3.63, 3.8) is 0 Å². The van der Waals surface area contributed by atoms with Crippen molar-refractivity contribution in [2.75, 3.05) is 18.8 Å². The lowest BCUT2D eigenvalue weighted by Gasteiger charge is -2.40. The lowest BCUT2D eigenvalue weighted by atomic mass is 9.97. The van der Waals surface area contributed by atoms with Crippen LogP contribution in [0.1, 0.15) is 35.6 Å². The maximum atomic E-state index is 11.1. The minimum Gasteiger partial charge on any atom is -0.481 e. The van der Waals surface area contributed by atoms with E-state index in [1.807, 2.05) is 31.2 Å². The third-order valence-corrected chi connectivity index (χ3v) is 5.96. The van der Waals surface area contributed by atoms with Crippen molar-refractivity contribution in [2.45, 2.75) is 19.5 Å². The van der Waals surface area contributed by atoms with Crippen LogP contribution in [0.3, 0.4) is 0 Å². The third kappa shape index (κ3) is 5.51. The van der Waals surface area contributed by atoms with E-state index in [4.69, 9.17) is 21.9 Å². The topological polar surface area (TPSA) is 180 Å². The summed E-state index contributed by atoms with van der Waals surface area (Å²) in [5, 5.41) is 22.1. The number of carbonyl (C=O) groups is 1. The van der Waals surface area contributed by atoms with Gasteiger partial charge in [0.2, 0.25) is 5.95 Å². The minimum atomic E-state index is -0.764. The summed E-state index contributed by atoms with van der Waals surface area (Å²) in [4.78, 5) is 30.7. The van der Waals surface area contributed by atoms with Gasteiger partial charge in [0.1, 0.15) is 5.71 Å². The maximum absolute atomic E-state index is 11.1. The van der Waals surface area contributed by atoms with Crippen LogP contribution in [-0.2, 0) is 11.3 Å². The molecule has 11 nitrogen and oxygen atoms in total. The quantitative estimate of drug-likeness (QED) is 0.245. The Labute approximate surface area is 207 Å². The van der Waals surface area contributed by atoms with Gasteiger partial charge in [-0.3, -0.25) is 19.7 Å². The number of hydrogen-bond donors (Lipinski definition) is 3. The Morgan fingerprint density at radius 3 is 2.75 bits per heavy atom. The molecule has 0 aliphatic carbocycles. The molecule has 1 atom stereocenters. The van der Waals surface area contributed by atoms with Crippen molar-refractivity contribution >= 4 is 23.8 Å². The van der Waals surface area contributed by atoms with Crippen molar-refractivity contribution in [2.24, 2.45) is 21.9 Å². The fourth-order valence-electron chi connectivity index (χ4n) is 3.88. The van der Waals surface area contributed by atoms with E-state index in [1.165, 1.54) is 6.21 Å². The highest BCUT2D eigenvalue weighted by molar-refractivity contribution is 6.37. The van der Waals surface area contributed by atoms with Gasteiger partial charge in [-0.25, -0.2) is 9.97 Å². The van der Waals surface area contributed by atoms with Gasteiger partial charge in [-0.1, -0.05) is 18.2 Å². The number of nitriles is 1. The summed E-state index contributed by atoms with van der Waals surface area (Å²) in [6, 6.07) is 16.5.